The maximum absolute atomic E-state index is 12.2. The van der Waals surface area contributed by atoms with Crippen LogP contribution in [0.25, 0.3) is 0 Å². The largest absolute Gasteiger partial charge is 0.417 e. The lowest BCUT2D eigenvalue weighted by Gasteiger charge is -2.08. The van der Waals surface area contributed by atoms with Gasteiger partial charge in [0.25, 0.3) is 0 Å². The fourth-order valence-electron chi connectivity index (χ4n) is 0.861. The van der Waals surface area contributed by atoms with Crippen molar-refractivity contribution in [3.05, 3.63) is 23.9 Å². The Morgan fingerprint density at radius 1 is 1.47 bits per heavy atom. The number of aromatic nitrogens is 1. The fourth-order valence-corrected chi connectivity index (χ4v) is 1.61. The van der Waals surface area contributed by atoms with Crippen LogP contribution in [-0.2, 0) is 6.18 Å². The minimum atomic E-state index is -4.35. The van der Waals surface area contributed by atoms with E-state index in [0.717, 1.165) is 12.3 Å². The molecule has 1 atom stereocenters. The first-order chi connectivity index (χ1) is 6.93. The van der Waals surface area contributed by atoms with E-state index in [-0.39, 0.29) is 11.9 Å². The first kappa shape index (κ1) is 12.3. The van der Waals surface area contributed by atoms with Gasteiger partial charge in [-0.05, 0) is 12.1 Å². The number of rotatable bonds is 3. The molecular formula is C9H10F3NOS. The Morgan fingerprint density at radius 3 is 2.53 bits per heavy atom. The summed E-state index contributed by atoms with van der Waals surface area (Å²) in [5.74, 6) is 0. The molecule has 2 nitrogen and oxygen atoms in total. The third-order valence-electron chi connectivity index (χ3n) is 1.64. The predicted octanol–water partition coefficient (Wildman–Crippen LogP) is 2.57. The smallest absolute Gasteiger partial charge is 0.395 e. The third-order valence-corrected chi connectivity index (χ3v) is 2.68. The summed E-state index contributed by atoms with van der Waals surface area (Å²) in [5, 5.41) is 9.15. The summed E-state index contributed by atoms with van der Waals surface area (Å²) >= 11 is 1.23. The number of halogens is 3. The maximum Gasteiger partial charge on any atom is 0.417 e. The molecule has 1 rings (SSSR count). The average Bonchev–Trinajstić information content (AvgIpc) is 2.17. The van der Waals surface area contributed by atoms with E-state index in [0.29, 0.717) is 5.03 Å². The highest BCUT2D eigenvalue weighted by Gasteiger charge is 2.30. The zero-order valence-corrected chi connectivity index (χ0v) is 8.77. The molecule has 0 aliphatic rings. The molecule has 1 heterocycles. The lowest BCUT2D eigenvalue weighted by Crippen LogP contribution is -2.06. The van der Waals surface area contributed by atoms with Crippen molar-refractivity contribution in [3.8, 4) is 0 Å². The Labute approximate surface area is 89.5 Å². The number of hydrogen-bond donors (Lipinski definition) is 1. The van der Waals surface area contributed by atoms with Crippen molar-refractivity contribution in [2.75, 3.05) is 6.61 Å². The van der Waals surface area contributed by atoms with Crippen molar-refractivity contribution >= 4 is 11.8 Å². The highest BCUT2D eigenvalue weighted by molar-refractivity contribution is 7.99. The van der Waals surface area contributed by atoms with Crippen molar-refractivity contribution in [2.24, 2.45) is 0 Å². The molecule has 84 valence electrons. The quantitative estimate of drug-likeness (QED) is 0.820. The second-order valence-electron chi connectivity index (χ2n) is 2.99. The normalized spacial score (nSPS) is 13.9. The lowest BCUT2D eigenvalue weighted by molar-refractivity contribution is -0.137. The molecule has 1 unspecified atom stereocenters. The number of pyridine rings is 1. The number of hydrogen-bond acceptors (Lipinski definition) is 3. The Balaban J connectivity index is 2.73. The Bertz CT molecular complexity index is 312. The van der Waals surface area contributed by atoms with Gasteiger partial charge in [0, 0.05) is 11.4 Å². The van der Waals surface area contributed by atoms with Crippen LogP contribution in [0.5, 0.6) is 0 Å². The maximum atomic E-state index is 12.2. The van der Waals surface area contributed by atoms with Gasteiger partial charge < -0.3 is 5.11 Å². The first-order valence-electron chi connectivity index (χ1n) is 4.24. The SMILES string of the molecule is CC(CO)Sc1ccc(C(F)(F)F)cn1. The number of nitrogens with zero attached hydrogens (tertiary/aromatic N) is 1. The average molecular weight is 237 g/mol. The zero-order valence-electron chi connectivity index (χ0n) is 7.95. The standard InChI is InChI=1S/C9H10F3NOS/c1-6(5-14)15-8-3-2-7(4-13-8)9(10,11)12/h2-4,6,14H,5H2,1H3. The van der Waals surface area contributed by atoms with Crippen LogP contribution < -0.4 is 0 Å². The van der Waals surface area contributed by atoms with Crippen LogP contribution in [0.4, 0.5) is 13.2 Å². The molecule has 0 aliphatic heterocycles. The van der Waals surface area contributed by atoms with E-state index in [1.54, 1.807) is 6.92 Å². The Morgan fingerprint density at radius 2 is 2.13 bits per heavy atom. The molecule has 0 aromatic carbocycles. The molecule has 0 spiro atoms. The summed E-state index contributed by atoms with van der Waals surface area (Å²) in [6, 6.07) is 2.29. The zero-order chi connectivity index (χ0) is 11.5. The Kier molecular flexibility index (Phi) is 3.98. The van der Waals surface area contributed by atoms with Crippen molar-refractivity contribution < 1.29 is 18.3 Å². The van der Waals surface area contributed by atoms with E-state index in [1.165, 1.54) is 17.8 Å². The molecule has 1 N–H and O–H groups in total. The van der Waals surface area contributed by atoms with Gasteiger partial charge in [-0.25, -0.2) is 4.98 Å². The number of alkyl halides is 3. The van der Waals surface area contributed by atoms with Crippen molar-refractivity contribution in [3.63, 3.8) is 0 Å². The van der Waals surface area contributed by atoms with Crippen LogP contribution >= 0.6 is 11.8 Å². The summed E-state index contributed by atoms with van der Waals surface area (Å²) in [5.41, 5.74) is -0.761. The molecule has 0 radical (unpaired) electrons. The van der Waals surface area contributed by atoms with Gasteiger partial charge in [0.05, 0.1) is 17.2 Å². The van der Waals surface area contributed by atoms with Gasteiger partial charge in [-0.1, -0.05) is 6.92 Å². The fraction of sp³-hybridized carbons (Fsp3) is 0.444. The van der Waals surface area contributed by atoms with Crippen LogP contribution in [0.2, 0.25) is 0 Å². The second-order valence-corrected chi connectivity index (χ2v) is 4.45. The van der Waals surface area contributed by atoms with Crippen LogP contribution in [0.15, 0.2) is 23.4 Å². The van der Waals surface area contributed by atoms with E-state index < -0.39 is 11.7 Å². The number of aliphatic hydroxyl groups is 1. The van der Waals surface area contributed by atoms with E-state index in [4.69, 9.17) is 5.11 Å². The van der Waals surface area contributed by atoms with Crippen molar-refractivity contribution in [1.82, 2.24) is 4.98 Å². The molecule has 15 heavy (non-hydrogen) atoms. The van der Waals surface area contributed by atoms with Gasteiger partial charge in [-0.2, -0.15) is 13.2 Å². The molecule has 1 aromatic rings. The minimum absolute atomic E-state index is 0.0344. The molecule has 0 fully saturated rings. The van der Waals surface area contributed by atoms with E-state index in [1.807, 2.05) is 0 Å². The Hall–Kier alpha value is -0.750. The topological polar surface area (TPSA) is 33.1 Å². The first-order valence-corrected chi connectivity index (χ1v) is 5.12. The summed E-state index contributed by atoms with van der Waals surface area (Å²) in [4.78, 5) is 3.66. The van der Waals surface area contributed by atoms with Crippen LogP contribution in [0.3, 0.4) is 0 Å². The van der Waals surface area contributed by atoms with E-state index in [2.05, 4.69) is 4.98 Å². The molecule has 0 aliphatic carbocycles. The number of thioether (sulfide) groups is 1. The molecular weight excluding hydrogens is 227 g/mol. The van der Waals surface area contributed by atoms with Gasteiger partial charge in [0.2, 0.25) is 0 Å². The summed E-state index contributed by atoms with van der Waals surface area (Å²) < 4.78 is 36.5. The molecule has 0 saturated carbocycles. The summed E-state index contributed by atoms with van der Waals surface area (Å²) in [7, 11) is 0. The second kappa shape index (κ2) is 4.85. The molecule has 0 bridgehead atoms. The van der Waals surface area contributed by atoms with E-state index in [9.17, 15) is 13.2 Å². The monoisotopic (exact) mass is 237 g/mol. The van der Waals surface area contributed by atoms with Crippen molar-refractivity contribution in [1.29, 1.82) is 0 Å². The van der Waals surface area contributed by atoms with Crippen LogP contribution in [0.1, 0.15) is 12.5 Å². The highest BCUT2D eigenvalue weighted by atomic mass is 32.2. The van der Waals surface area contributed by atoms with Crippen molar-refractivity contribution in [2.45, 2.75) is 23.4 Å². The van der Waals surface area contributed by atoms with Gasteiger partial charge in [0.1, 0.15) is 0 Å². The third kappa shape index (κ3) is 3.71. The predicted molar refractivity (Wildman–Crippen MR) is 51.6 cm³/mol. The molecule has 6 heteroatoms. The van der Waals surface area contributed by atoms with Gasteiger partial charge in [-0.3, -0.25) is 0 Å². The summed E-state index contributed by atoms with van der Waals surface area (Å²) in [6.07, 6.45) is -3.55. The lowest BCUT2D eigenvalue weighted by atomic mass is 10.3. The highest BCUT2D eigenvalue weighted by Crippen LogP contribution is 2.30. The summed E-state index contributed by atoms with van der Waals surface area (Å²) in [6.45, 7) is 1.73. The van der Waals surface area contributed by atoms with Gasteiger partial charge in [-0.15, -0.1) is 11.8 Å². The molecule has 1 aromatic heterocycles. The number of aliphatic hydroxyl groups excluding tert-OH is 1. The minimum Gasteiger partial charge on any atom is -0.395 e. The van der Waals surface area contributed by atoms with Crippen LogP contribution in [-0.4, -0.2) is 21.9 Å². The molecule has 0 amide bonds. The molecule has 0 saturated heterocycles. The van der Waals surface area contributed by atoms with Gasteiger partial charge >= 0.3 is 6.18 Å². The van der Waals surface area contributed by atoms with E-state index >= 15 is 0 Å². The van der Waals surface area contributed by atoms with Gasteiger partial charge in [0.15, 0.2) is 0 Å². The van der Waals surface area contributed by atoms with Crippen LogP contribution in [0, 0.1) is 0 Å².